The number of halogens is 3. The first-order valence-electron chi connectivity index (χ1n) is 7.08. The standard InChI is InChI=1S/C16H9ClF2N2O4S/c17-13-11-6-5-10(25-16(18)19)7-12(11)26-14(13)15(22)20-8-1-3-9(4-2-8)21(23)24/h1-7,16H,(H,20,22). The Morgan fingerprint density at radius 1 is 1.23 bits per heavy atom. The fraction of sp³-hybridized carbons (Fsp3) is 0.0625. The number of nitrogens with one attached hydrogen (secondary N) is 1. The normalized spacial score (nSPS) is 10.9. The molecule has 2 aromatic carbocycles. The van der Waals surface area contributed by atoms with Crippen molar-refractivity contribution < 1.29 is 23.2 Å². The van der Waals surface area contributed by atoms with Crippen LogP contribution in [0.25, 0.3) is 10.1 Å². The molecular formula is C16H9ClF2N2O4S. The van der Waals surface area contributed by atoms with Crippen molar-refractivity contribution in [2.24, 2.45) is 0 Å². The molecular weight excluding hydrogens is 390 g/mol. The van der Waals surface area contributed by atoms with Gasteiger partial charge in [-0.15, -0.1) is 11.3 Å². The predicted octanol–water partition coefficient (Wildman–Crippen LogP) is 5.32. The van der Waals surface area contributed by atoms with E-state index < -0.39 is 17.4 Å². The maximum absolute atomic E-state index is 12.4. The zero-order chi connectivity index (χ0) is 18.8. The molecule has 1 heterocycles. The van der Waals surface area contributed by atoms with Crippen molar-refractivity contribution in [1.82, 2.24) is 0 Å². The van der Waals surface area contributed by atoms with Crippen LogP contribution in [0.3, 0.4) is 0 Å². The highest BCUT2D eigenvalue weighted by Crippen LogP contribution is 2.38. The average molecular weight is 399 g/mol. The molecule has 1 aromatic heterocycles. The second-order valence-electron chi connectivity index (χ2n) is 5.04. The molecule has 26 heavy (non-hydrogen) atoms. The van der Waals surface area contributed by atoms with E-state index in [1.54, 1.807) is 0 Å². The minimum atomic E-state index is -2.95. The lowest BCUT2D eigenvalue weighted by atomic mass is 10.2. The number of nitrogens with zero attached hydrogens (tertiary/aromatic N) is 1. The highest BCUT2D eigenvalue weighted by molar-refractivity contribution is 7.21. The molecule has 3 aromatic rings. The van der Waals surface area contributed by atoms with Crippen LogP contribution in [0.15, 0.2) is 42.5 Å². The number of benzene rings is 2. The molecule has 0 aliphatic heterocycles. The van der Waals surface area contributed by atoms with Crippen LogP contribution in [-0.4, -0.2) is 17.4 Å². The van der Waals surface area contributed by atoms with Crippen molar-refractivity contribution in [3.05, 3.63) is 62.5 Å². The summed E-state index contributed by atoms with van der Waals surface area (Å²) in [6.45, 7) is -2.95. The zero-order valence-corrected chi connectivity index (χ0v) is 14.3. The van der Waals surface area contributed by atoms with Crippen molar-refractivity contribution >= 4 is 50.3 Å². The molecule has 0 bridgehead atoms. The molecule has 0 saturated carbocycles. The number of amides is 1. The van der Waals surface area contributed by atoms with Crippen LogP contribution in [0.2, 0.25) is 5.02 Å². The number of nitro groups is 1. The Bertz CT molecular complexity index is 992. The molecule has 0 radical (unpaired) electrons. The van der Waals surface area contributed by atoms with E-state index in [2.05, 4.69) is 10.1 Å². The molecule has 3 rings (SSSR count). The van der Waals surface area contributed by atoms with Crippen LogP contribution in [-0.2, 0) is 0 Å². The lowest BCUT2D eigenvalue weighted by Gasteiger charge is -2.03. The molecule has 0 atom stereocenters. The van der Waals surface area contributed by atoms with E-state index in [4.69, 9.17) is 11.6 Å². The monoisotopic (exact) mass is 398 g/mol. The second kappa shape index (κ2) is 7.22. The third kappa shape index (κ3) is 3.73. The summed E-state index contributed by atoms with van der Waals surface area (Å²) in [7, 11) is 0. The number of alkyl halides is 2. The van der Waals surface area contributed by atoms with E-state index in [1.807, 2.05) is 0 Å². The summed E-state index contributed by atoms with van der Waals surface area (Å²) in [5.41, 5.74) is 0.255. The summed E-state index contributed by atoms with van der Waals surface area (Å²) in [5.74, 6) is -0.547. The van der Waals surface area contributed by atoms with Crippen LogP contribution < -0.4 is 10.1 Å². The number of non-ortho nitro benzene ring substituents is 1. The molecule has 0 fully saturated rings. The van der Waals surface area contributed by atoms with Crippen molar-refractivity contribution in [1.29, 1.82) is 0 Å². The van der Waals surface area contributed by atoms with Gasteiger partial charge in [-0.05, 0) is 30.3 Å². The van der Waals surface area contributed by atoms with Crippen LogP contribution in [0, 0.1) is 10.1 Å². The molecule has 1 N–H and O–H groups in total. The molecule has 0 spiro atoms. The number of nitro benzene ring substituents is 1. The lowest BCUT2D eigenvalue weighted by molar-refractivity contribution is -0.384. The summed E-state index contributed by atoms with van der Waals surface area (Å²) in [6, 6.07) is 9.52. The minimum absolute atomic E-state index is 0.0345. The maximum Gasteiger partial charge on any atom is 0.387 e. The highest BCUT2D eigenvalue weighted by Gasteiger charge is 2.18. The van der Waals surface area contributed by atoms with E-state index in [0.717, 1.165) is 11.3 Å². The number of rotatable bonds is 5. The first-order chi connectivity index (χ1) is 12.3. The van der Waals surface area contributed by atoms with Crippen molar-refractivity contribution in [3.8, 4) is 5.75 Å². The first kappa shape index (κ1) is 18.0. The third-order valence-electron chi connectivity index (χ3n) is 3.37. The first-order valence-corrected chi connectivity index (χ1v) is 8.27. The molecule has 134 valence electrons. The zero-order valence-electron chi connectivity index (χ0n) is 12.7. The van der Waals surface area contributed by atoms with Gasteiger partial charge >= 0.3 is 6.61 Å². The Kier molecular flexibility index (Phi) is 5.01. The number of thiophene rings is 1. The Balaban J connectivity index is 1.85. The van der Waals surface area contributed by atoms with Gasteiger partial charge < -0.3 is 10.1 Å². The van der Waals surface area contributed by atoms with Gasteiger partial charge in [0.15, 0.2) is 0 Å². The second-order valence-corrected chi connectivity index (χ2v) is 6.47. The van der Waals surface area contributed by atoms with Gasteiger partial charge in [-0.3, -0.25) is 14.9 Å². The van der Waals surface area contributed by atoms with Crippen LogP contribution >= 0.6 is 22.9 Å². The van der Waals surface area contributed by atoms with Gasteiger partial charge in [0.1, 0.15) is 10.6 Å². The van der Waals surface area contributed by atoms with Crippen LogP contribution in [0.5, 0.6) is 5.75 Å². The Morgan fingerprint density at radius 2 is 1.92 bits per heavy atom. The van der Waals surface area contributed by atoms with Crippen molar-refractivity contribution in [3.63, 3.8) is 0 Å². The van der Waals surface area contributed by atoms with E-state index in [9.17, 15) is 23.7 Å². The Labute approximate surface area is 154 Å². The molecule has 6 nitrogen and oxygen atoms in total. The predicted molar refractivity (Wildman–Crippen MR) is 94.5 cm³/mol. The number of fused-ring (bicyclic) bond motifs is 1. The van der Waals surface area contributed by atoms with Crippen molar-refractivity contribution in [2.45, 2.75) is 6.61 Å². The van der Waals surface area contributed by atoms with Crippen LogP contribution in [0.4, 0.5) is 20.2 Å². The average Bonchev–Trinajstić information content (AvgIpc) is 2.91. The van der Waals surface area contributed by atoms with Gasteiger partial charge in [-0.2, -0.15) is 8.78 Å². The quantitative estimate of drug-likeness (QED) is 0.466. The summed E-state index contributed by atoms with van der Waals surface area (Å²) >= 11 is 7.24. The molecule has 10 heteroatoms. The van der Waals surface area contributed by atoms with Gasteiger partial charge in [-0.1, -0.05) is 11.6 Å². The molecule has 0 saturated heterocycles. The topological polar surface area (TPSA) is 81.5 Å². The lowest BCUT2D eigenvalue weighted by Crippen LogP contribution is -2.10. The number of hydrogen-bond donors (Lipinski definition) is 1. The number of carbonyl (C=O) groups excluding carboxylic acids is 1. The maximum atomic E-state index is 12.4. The molecule has 1 amide bonds. The Morgan fingerprint density at radius 3 is 2.54 bits per heavy atom. The fourth-order valence-electron chi connectivity index (χ4n) is 2.22. The van der Waals surface area contributed by atoms with E-state index in [1.165, 1.54) is 42.5 Å². The van der Waals surface area contributed by atoms with E-state index >= 15 is 0 Å². The van der Waals surface area contributed by atoms with Gasteiger partial charge in [0.05, 0.1) is 9.95 Å². The van der Waals surface area contributed by atoms with Gasteiger partial charge in [0.25, 0.3) is 11.6 Å². The van der Waals surface area contributed by atoms with E-state index in [0.29, 0.717) is 15.8 Å². The summed E-state index contributed by atoms with van der Waals surface area (Å²) in [4.78, 5) is 22.7. The van der Waals surface area contributed by atoms with Gasteiger partial charge in [-0.25, -0.2) is 0 Å². The SMILES string of the molecule is O=C(Nc1ccc([N+](=O)[O-])cc1)c1sc2cc(OC(F)F)ccc2c1Cl. The third-order valence-corrected chi connectivity index (χ3v) is 5.02. The molecule has 0 aliphatic carbocycles. The van der Waals surface area contributed by atoms with Crippen LogP contribution in [0.1, 0.15) is 9.67 Å². The highest BCUT2D eigenvalue weighted by atomic mass is 35.5. The van der Waals surface area contributed by atoms with Gasteiger partial charge in [0, 0.05) is 27.9 Å². The largest absolute Gasteiger partial charge is 0.435 e. The molecule has 0 unspecified atom stereocenters. The van der Waals surface area contributed by atoms with Gasteiger partial charge in [0.2, 0.25) is 0 Å². The van der Waals surface area contributed by atoms with E-state index in [-0.39, 0.29) is 21.3 Å². The smallest absolute Gasteiger partial charge is 0.387 e. The summed E-state index contributed by atoms with van der Waals surface area (Å²) in [6.07, 6.45) is 0. The Hall–Kier alpha value is -2.78. The number of carbonyl (C=O) groups is 1. The number of ether oxygens (including phenoxy) is 1. The minimum Gasteiger partial charge on any atom is -0.435 e. The number of anilines is 1. The molecule has 0 aliphatic rings. The summed E-state index contributed by atoms with van der Waals surface area (Å²) in [5, 5.41) is 13.9. The van der Waals surface area contributed by atoms with Crippen molar-refractivity contribution in [2.75, 3.05) is 5.32 Å². The summed E-state index contributed by atoms with van der Waals surface area (Å²) < 4.78 is 29.5. The number of hydrogen-bond acceptors (Lipinski definition) is 5. The fourth-order valence-corrected chi connectivity index (χ4v) is 3.66.